The Labute approximate surface area is 126 Å². The molecule has 2 heteroatoms. The summed E-state index contributed by atoms with van der Waals surface area (Å²) in [5.41, 5.74) is 2.24. The molecule has 0 saturated heterocycles. The second-order valence-corrected chi connectivity index (χ2v) is 5.97. The number of alkyl halides is 1. The molecule has 0 spiro atoms. The minimum atomic E-state index is -0.190. The van der Waals surface area contributed by atoms with Crippen LogP contribution in [-0.4, -0.2) is 0 Å². The molecule has 3 aromatic carbocycles. The summed E-state index contributed by atoms with van der Waals surface area (Å²) in [7, 11) is 0. The van der Waals surface area contributed by atoms with Crippen molar-refractivity contribution in [3.8, 4) is 0 Å². The first-order valence-electron chi connectivity index (χ1n) is 6.60. The summed E-state index contributed by atoms with van der Waals surface area (Å²) in [5.74, 6) is -0.190. The molecule has 0 aliphatic heterocycles. The smallest absolute Gasteiger partial charge is 0.123 e. The van der Waals surface area contributed by atoms with Gasteiger partial charge in [-0.2, -0.15) is 0 Å². The Morgan fingerprint density at radius 2 is 1.65 bits per heavy atom. The summed E-state index contributed by atoms with van der Waals surface area (Å²) in [5, 5.41) is 2.50. The molecule has 0 N–H and O–H groups in total. The maximum atomic E-state index is 13.3. The highest BCUT2D eigenvalue weighted by Crippen LogP contribution is 2.30. The molecule has 0 amide bonds. The van der Waals surface area contributed by atoms with Gasteiger partial charge in [-0.1, -0.05) is 70.5 Å². The van der Waals surface area contributed by atoms with E-state index in [1.165, 1.54) is 22.4 Å². The lowest BCUT2D eigenvalue weighted by Gasteiger charge is -2.12. The number of fused-ring (bicyclic) bond motifs is 1. The standard InChI is InChI=1S/C18H14BrF/c19-18(15-8-4-9-16(20)11-15)12-14-7-3-6-13-5-1-2-10-17(13)14/h1-11,18H,12H2. The predicted molar refractivity (Wildman–Crippen MR) is 85.7 cm³/mol. The highest BCUT2D eigenvalue weighted by Gasteiger charge is 2.11. The molecule has 0 nitrogen and oxygen atoms in total. The van der Waals surface area contributed by atoms with Gasteiger partial charge in [-0.05, 0) is 40.5 Å². The van der Waals surface area contributed by atoms with E-state index in [0.29, 0.717) is 0 Å². The van der Waals surface area contributed by atoms with E-state index < -0.39 is 0 Å². The molecule has 0 bridgehead atoms. The minimum absolute atomic E-state index is 0.115. The fourth-order valence-corrected chi connectivity index (χ4v) is 3.12. The van der Waals surface area contributed by atoms with Crippen LogP contribution < -0.4 is 0 Å². The Bertz CT molecular complexity index is 731. The normalized spacial score (nSPS) is 12.5. The Morgan fingerprint density at radius 3 is 2.50 bits per heavy atom. The Kier molecular flexibility index (Phi) is 3.83. The number of hydrogen-bond acceptors (Lipinski definition) is 0. The van der Waals surface area contributed by atoms with Gasteiger partial charge in [0.2, 0.25) is 0 Å². The molecule has 100 valence electrons. The lowest BCUT2D eigenvalue weighted by atomic mass is 9.98. The molecule has 0 aromatic heterocycles. The highest BCUT2D eigenvalue weighted by molar-refractivity contribution is 9.09. The summed E-state index contributed by atoms with van der Waals surface area (Å²) >= 11 is 3.68. The third-order valence-corrected chi connectivity index (χ3v) is 4.34. The second kappa shape index (κ2) is 5.76. The molecular weight excluding hydrogens is 315 g/mol. The van der Waals surface area contributed by atoms with Crippen LogP contribution in [0.25, 0.3) is 10.8 Å². The first kappa shape index (κ1) is 13.3. The third kappa shape index (κ3) is 2.75. The van der Waals surface area contributed by atoms with Crippen molar-refractivity contribution in [1.29, 1.82) is 0 Å². The van der Waals surface area contributed by atoms with Crippen LogP contribution in [0.15, 0.2) is 66.7 Å². The van der Waals surface area contributed by atoms with Crippen LogP contribution in [0.1, 0.15) is 16.0 Å². The second-order valence-electron chi connectivity index (χ2n) is 4.86. The summed E-state index contributed by atoms with van der Waals surface area (Å²) < 4.78 is 13.3. The van der Waals surface area contributed by atoms with Gasteiger partial charge >= 0.3 is 0 Å². The van der Waals surface area contributed by atoms with Crippen LogP contribution in [-0.2, 0) is 6.42 Å². The van der Waals surface area contributed by atoms with Crippen molar-refractivity contribution in [2.24, 2.45) is 0 Å². The van der Waals surface area contributed by atoms with Crippen LogP contribution in [0.4, 0.5) is 4.39 Å². The summed E-state index contributed by atoms with van der Waals surface area (Å²) in [6.07, 6.45) is 0.838. The summed E-state index contributed by atoms with van der Waals surface area (Å²) in [6, 6.07) is 21.4. The summed E-state index contributed by atoms with van der Waals surface area (Å²) in [4.78, 5) is 0.115. The minimum Gasteiger partial charge on any atom is -0.207 e. The van der Waals surface area contributed by atoms with Crippen molar-refractivity contribution in [1.82, 2.24) is 0 Å². The zero-order valence-corrected chi connectivity index (χ0v) is 12.5. The highest BCUT2D eigenvalue weighted by atomic mass is 79.9. The number of rotatable bonds is 3. The van der Waals surface area contributed by atoms with Gasteiger partial charge in [0.1, 0.15) is 5.82 Å². The van der Waals surface area contributed by atoms with Crippen molar-refractivity contribution >= 4 is 26.7 Å². The van der Waals surface area contributed by atoms with Crippen LogP contribution in [0.5, 0.6) is 0 Å². The zero-order chi connectivity index (χ0) is 13.9. The molecule has 20 heavy (non-hydrogen) atoms. The average Bonchev–Trinajstić information content (AvgIpc) is 2.47. The lowest BCUT2D eigenvalue weighted by molar-refractivity contribution is 0.625. The zero-order valence-electron chi connectivity index (χ0n) is 10.9. The molecule has 0 aliphatic carbocycles. The maximum absolute atomic E-state index is 13.3. The molecule has 3 rings (SSSR count). The molecule has 0 radical (unpaired) electrons. The van der Waals surface area contributed by atoms with Crippen LogP contribution >= 0.6 is 15.9 Å². The van der Waals surface area contributed by atoms with Gasteiger partial charge in [0, 0.05) is 4.83 Å². The van der Waals surface area contributed by atoms with E-state index in [0.717, 1.165) is 12.0 Å². The molecule has 1 atom stereocenters. The van der Waals surface area contributed by atoms with Gasteiger partial charge in [0.25, 0.3) is 0 Å². The monoisotopic (exact) mass is 328 g/mol. The molecule has 3 aromatic rings. The largest absolute Gasteiger partial charge is 0.207 e. The predicted octanol–water partition coefficient (Wildman–Crippen LogP) is 5.66. The van der Waals surface area contributed by atoms with Gasteiger partial charge in [0.15, 0.2) is 0 Å². The van der Waals surface area contributed by atoms with E-state index in [2.05, 4.69) is 52.3 Å². The maximum Gasteiger partial charge on any atom is 0.123 e. The molecule has 0 aliphatic rings. The van der Waals surface area contributed by atoms with Gasteiger partial charge in [-0.3, -0.25) is 0 Å². The number of halogens is 2. The van der Waals surface area contributed by atoms with E-state index in [9.17, 15) is 4.39 Å². The molecule has 0 fully saturated rings. The van der Waals surface area contributed by atoms with E-state index in [1.54, 1.807) is 12.1 Å². The molecule has 0 heterocycles. The quantitative estimate of drug-likeness (QED) is 0.544. The first-order valence-corrected chi connectivity index (χ1v) is 7.52. The topological polar surface area (TPSA) is 0 Å². The number of benzene rings is 3. The average molecular weight is 329 g/mol. The SMILES string of the molecule is Fc1cccc(C(Br)Cc2cccc3ccccc23)c1. The first-order chi connectivity index (χ1) is 9.74. The Hall–Kier alpha value is -1.67. The fraction of sp³-hybridized carbons (Fsp3) is 0.111. The Balaban J connectivity index is 1.93. The van der Waals surface area contributed by atoms with Gasteiger partial charge in [-0.15, -0.1) is 0 Å². The third-order valence-electron chi connectivity index (χ3n) is 3.49. The van der Waals surface area contributed by atoms with Crippen molar-refractivity contribution in [3.63, 3.8) is 0 Å². The summed E-state index contributed by atoms with van der Waals surface area (Å²) in [6.45, 7) is 0. The van der Waals surface area contributed by atoms with E-state index in [-0.39, 0.29) is 10.6 Å². The van der Waals surface area contributed by atoms with Crippen LogP contribution in [0, 0.1) is 5.82 Å². The Morgan fingerprint density at radius 1 is 0.900 bits per heavy atom. The van der Waals surface area contributed by atoms with E-state index in [1.807, 2.05) is 12.1 Å². The molecular formula is C18H14BrF. The fourth-order valence-electron chi connectivity index (χ4n) is 2.48. The van der Waals surface area contributed by atoms with Crippen LogP contribution in [0.3, 0.4) is 0 Å². The lowest BCUT2D eigenvalue weighted by Crippen LogP contribution is -1.97. The van der Waals surface area contributed by atoms with Gasteiger partial charge < -0.3 is 0 Å². The molecule has 1 unspecified atom stereocenters. The van der Waals surface area contributed by atoms with Crippen molar-refractivity contribution in [2.75, 3.05) is 0 Å². The van der Waals surface area contributed by atoms with E-state index in [4.69, 9.17) is 0 Å². The number of hydrogen-bond donors (Lipinski definition) is 0. The van der Waals surface area contributed by atoms with Crippen molar-refractivity contribution < 1.29 is 4.39 Å². The van der Waals surface area contributed by atoms with Crippen molar-refractivity contribution in [3.05, 3.63) is 83.7 Å². The van der Waals surface area contributed by atoms with E-state index >= 15 is 0 Å². The van der Waals surface area contributed by atoms with Gasteiger partial charge in [0.05, 0.1) is 0 Å². The molecule has 0 saturated carbocycles. The van der Waals surface area contributed by atoms with Crippen LogP contribution in [0.2, 0.25) is 0 Å². The van der Waals surface area contributed by atoms with Gasteiger partial charge in [-0.25, -0.2) is 4.39 Å². The van der Waals surface area contributed by atoms with Crippen molar-refractivity contribution in [2.45, 2.75) is 11.2 Å².